The molecule has 1 aromatic rings. The number of nitrogens with zero attached hydrogens (tertiary/aromatic N) is 2. The van der Waals surface area contributed by atoms with Crippen LogP contribution in [0.5, 0.6) is 0 Å². The van der Waals surface area contributed by atoms with E-state index in [0.29, 0.717) is 23.0 Å². The van der Waals surface area contributed by atoms with Crippen LogP contribution in [-0.4, -0.2) is 26.8 Å². The molecule has 18 heavy (non-hydrogen) atoms. The van der Waals surface area contributed by atoms with Crippen LogP contribution in [-0.2, 0) is 17.8 Å². The number of hydrogen-bond acceptors (Lipinski definition) is 3. The molecule has 0 aromatic carbocycles. The van der Waals surface area contributed by atoms with E-state index in [4.69, 9.17) is 11.6 Å². The van der Waals surface area contributed by atoms with Crippen LogP contribution in [0.2, 0.25) is 5.02 Å². The third kappa shape index (κ3) is 3.12. The predicted molar refractivity (Wildman–Crippen MR) is 71.8 cm³/mol. The van der Waals surface area contributed by atoms with Gasteiger partial charge in [0.05, 0.1) is 22.8 Å². The number of Topliss-reactive ketones (excluding diaryl/α,β-unsaturated/α-hetero) is 1. The number of rotatable bonds is 4. The van der Waals surface area contributed by atoms with Crippen LogP contribution in [0.4, 0.5) is 0 Å². The van der Waals surface area contributed by atoms with E-state index in [1.807, 2.05) is 34.6 Å². The second-order valence-electron chi connectivity index (χ2n) is 5.57. The van der Waals surface area contributed by atoms with Gasteiger partial charge in [0, 0.05) is 6.54 Å². The van der Waals surface area contributed by atoms with Crippen molar-refractivity contribution in [3.05, 3.63) is 16.4 Å². The molecule has 0 aliphatic heterocycles. The summed E-state index contributed by atoms with van der Waals surface area (Å²) in [6, 6.07) is 0. The molecule has 1 rings (SSSR count). The quantitative estimate of drug-likeness (QED) is 0.916. The van der Waals surface area contributed by atoms with Crippen molar-refractivity contribution in [1.29, 1.82) is 0 Å². The van der Waals surface area contributed by atoms with Crippen molar-refractivity contribution in [2.75, 3.05) is 0 Å². The summed E-state index contributed by atoms with van der Waals surface area (Å²) in [4.78, 5) is 12.0. The molecule has 102 valence electrons. The zero-order valence-corrected chi connectivity index (χ0v) is 12.4. The number of aryl methyl sites for hydroxylation is 2. The second kappa shape index (κ2) is 5.41. The highest BCUT2D eigenvalue weighted by Gasteiger charge is 2.30. The minimum atomic E-state index is -0.992. The number of aliphatic hydroxyl groups is 1. The van der Waals surface area contributed by atoms with Gasteiger partial charge >= 0.3 is 0 Å². The van der Waals surface area contributed by atoms with Crippen LogP contribution in [0.1, 0.15) is 39.1 Å². The lowest BCUT2D eigenvalue weighted by atomic mass is 9.85. The molecule has 0 saturated carbocycles. The van der Waals surface area contributed by atoms with Crippen LogP contribution in [0.25, 0.3) is 0 Å². The molecular weight excluding hydrogens is 252 g/mol. The molecule has 0 saturated heterocycles. The lowest BCUT2D eigenvalue weighted by Crippen LogP contribution is -2.35. The third-order valence-corrected chi connectivity index (χ3v) is 3.41. The average Bonchev–Trinajstić information content (AvgIpc) is 2.54. The summed E-state index contributed by atoms with van der Waals surface area (Å²) in [7, 11) is 0. The topological polar surface area (TPSA) is 55.1 Å². The normalized spacial score (nSPS) is 13.7. The smallest absolute Gasteiger partial charge is 0.167 e. The van der Waals surface area contributed by atoms with Crippen molar-refractivity contribution in [2.45, 2.75) is 53.7 Å². The van der Waals surface area contributed by atoms with Gasteiger partial charge < -0.3 is 5.11 Å². The van der Waals surface area contributed by atoms with Gasteiger partial charge in [-0.3, -0.25) is 9.48 Å². The molecule has 0 bridgehead atoms. The van der Waals surface area contributed by atoms with Gasteiger partial charge in [-0.15, -0.1) is 0 Å². The molecule has 0 aliphatic carbocycles. The van der Waals surface area contributed by atoms with E-state index in [1.54, 1.807) is 4.68 Å². The molecule has 0 fully saturated rings. The molecule has 0 aliphatic rings. The van der Waals surface area contributed by atoms with Crippen molar-refractivity contribution < 1.29 is 9.90 Å². The minimum absolute atomic E-state index is 0.117. The Morgan fingerprint density at radius 2 is 2.06 bits per heavy atom. The summed E-state index contributed by atoms with van der Waals surface area (Å²) >= 11 is 6.14. The number of carbonyl (C=O) groups excluding carboxylic acids is 1. The summed E-state index contributed by atoms with van der Waals surface area (Å²) < 4.78 is 1.71. The highest BCUT2D eigenvalue weighted by Crippen LogP contribution is 2.25. The first kappa shape index (κ1) is 15.2. The van der Waals surface area contributed by atoms with Gasteiger partial charge in [0.2, 0.25) is 0 Å². The van der Waals surface area contributed by atoms with E-state index in [1.165, 1.54) is 0 Å². The van der Waals surface area contributed by atoms with E-state index in [2.05, 4.69) is 5.10 Å². The lowest BCUT2D eigenvalue weighted by molar-refractivity contribution is -0.131. The number of ketones is 1. The molecule has 1 atom stereocenters. The Bertz CT molecular complexity index is 447. The monoisotopic (exact) mass is 272 g/mol. The summed E-state index contributed by atoms with van der Waals surface area (Å²) in [6.45, 7) is 9.90. The first-order chi connectivity index (χ1) is 8.18. The first-order valence-electron chi connectivity index (χ1n) is 6.11. The maximum absolute atomic E-state index is 12.0. The molecule has 1 N–H and O–H groups in total. The Morgan fingerprint density at radius 1 is 1.50 bits per heavy atom. The van der Waals surface area contributed by atoms with Crippen molar-refractivity contribution in [2.24, 2.45) is 5.41 Å². The molecule has 1 aromatic heterocycles. The van der Waals surface area contributed by atoms with E-state index in [9.17, 15) is 9.90 Å². The predicted octanol–water partition coefficient (Wildman–Crippen LogP) is 2.38. The number of carbonyl (C=O) groups is 1. The van der Waals surface area contributed by atoms with E-state index >= 15 is 0 Å². The van der Waals surface area contributed by atoms with E-state index < -0.39 is 11.5 Å². The fourth-order valence-electron chi connectivity index (χ4n) is 1.78. The van der Waals surface area contributed by atoms with E-state index in [-0.39, 0.29) is 12.2 Å². The summed E-state index contributed by atoms with van der Waals surface area (Å²) in [5.74, 6) is -0.223. The lowest BCUT2D eigenvalue weighted by Gasteiger charge is -2.24. The molecule has 5 heteroatoms. The Balaban J connectivity index is 2.95. The maximum atomic E-state index is 12.0. The summed E-state index contributed by atoms with van der Waals surface area (Å²) in [5.41, 5.74) is 0.937. The number of halogens is 1. The van der Waals surface area contributed by atoms with Crippen molar-refractivity contribution in [3.8, 4) is 0 Å². The Labute approximate surface area is 113 Å². The molecule has 1 heterocycles. The van der Waals surface area contributed by atoms with Crippen LogP contribution in [0.3, 0.4) is 0 Å². The SMILES string of the molecule is CCn1nc(C)c(Cl)c1CC(=O)C(O)C(C)(C)C. The molecule has 4 nitrogen and oxygen atoms in total. The number of aromatic nitrogens is 2. The summed E-state index contributed by atoms with van der Waals surface area (Å²) in [6.07, 6.45) is -0.875. The standard InChI is InChI=1S/C13H21ClN2O2/c1-6-16-9(11(14)8(2)15-16)7-10(17)12(18)13(3,4)5/h12,18H,6-7H2,1-5H3. The van der Waals surface area contributed by atoms with Crippen LogP contribution < -0.4 is 0 Å². The molecule has 0 spiro atoms. The van der Waals surface area contributed by atoms with Gasteiger partial charge in [-0.05, 0) is 19.3 Å². The van der Waals surface area contributed by atoms with Gasteiger partial charge in [0.15, 0.2) is 5.78 Å². The second-order valence-corrected chi connectivity index (χ2v) is 5.95. The number of aliphatic hydroxyl groups excluding tert-OH is 1. The zero-order valence-electron chi connectivity index (χ0n) is 11.6. The van der Waals surface area contributed by atoms with Crippen LogP contribution in [0.15, 0.2) is 0 Å². The summed E-state index contributed by atoms with van der Waals surface area (Å²) in [5, 5.41) is 14.7. The Morgan fingerprint density at radius 3 is 2.50 bits per heavy atom. The molecule has 0 amide bonds. The molecular formula is C13H21ClN2O2. The zero-order chi connectivity index (χ0) is 14.1. The van der Waals surface area contributed by atoms with Crippen molar-refractivity contribution >= 4 is 17.4 Å². The molecule has 0 radical (unpaired) electrons. The Kier molecular flexibility index (Phi) is 4.56. The van der Waals surface area contributed by atoms with Gasteiger partial charge in [-0.1, -0.05) is 32.4 Å². The Hall–Kier alpha value is -0.870. The third-order valence-electron chi connectivity index (χ3n) is 2.92. The maximum Gasteiger partial charge on any atom is 0.167 e. The minimum Gasteiger partial charge on any atom is -0.385 e. The van der Waals surface area contributed by atoms with Crippen LogP contribution >= 0.6 is 11.6 Å². The van der Waals surface area contributed by atoms with Crippen molar-refractivity contribution in [3.63, 3.8) is 0 Å². The molecule has 1 unspecified atom stereocenters. The van der Waals surface area contributed by atoms with Gasteiger partial charge in [0.1, 0.15) is 6.10 Å². The number of hydrogen-bond donors (Lipinski definition) is 1. The van der Waals surface area contributed by atoms with Gasteiger partial charge in [-0.25, -0.2) is 0 Å². The average molecular weight is 273 g/mol. The first-order valence-corrected chi connectivity index (χ1v) is 6.48. The largest absolute Gasteiger partial charge is 0.385 e. The fourth-order valence-corrected chi connectivity index (χ4v) is 1.98. The fraction of sp³-hybridized carbons (Fsp3) is 0.692. The van der Waals surface area contributed by atoms with Crippen LogP contribution in [0, 0.1) is 12.3 Å². The highest BCUT2D eigenvalue weighted by molar-refractivity contribution is 6.32. The highest BCUT2D eigenvalue weighted by atomic mass is 35.5. The van der Waals surface area contributed by atoms with Gasteiger partial charge in [-0.2, -0.15) is 5.10 Å². The van der Waals surface area contributed by atoms with Crippen molar-refractivity contribution in [1.82, 2.24) is 9.78 Å². The van der Waals surface area contributed by atoms with Gasteiger partial charge in [0.25, 0.3) is 0 Å². The van der Waals surface area contributed by atoms with E-state index in [0.717, 1.165) is 0 Å².